The summed E-state index contributed by atoms with van der Waals surface area (Å²) >= 11 is 0. The number of para-hydroxylation sites is 1. The number of hydrogen-bond acceptors (Lipinski definition) is 4. The van der Waals surface area contributed by atoms with E-state index < -0.39 is 0 Å². The molecule has 1 amide bonds. The van der Waals surface area contributed by atoms with Crippen LogP contribution in [0.2, 0.25) is 0 Å². The van der Waals surface area contributed by atoms with E-state index in [1.165, 1.54) is 0 Å². The van der Waals surface area contributed by atoms with E-state index in [0.29, 0.717) is 13.2 Å². The molecule has 1 aliphatic heterocycles. The Labute approximate surface area is 126 Å². The molecule has 2 rings (SSSR count). The van der Waals surface area contributed by atoms with Gasteiger partial charge in [0.15, 0.2) is 0 Å². The smallest absolute Gasteiger partial charge is 0.249 e. The van der Waals surface area contributed by atoms with Crippen molar-refractivity contribution in [3.05, 3.63) is 29.8 Å². The van der Waals surface area contributed by atoms with Crippen molar-refractivity contribution in [2.45, 2.75) is 25.0 Å². The molecule has 5 heteroatoms. The number of ether oxygens (including phenoxy) is 2. The van der Waals surface area contributed by atoms with Gasteiger partial charge in [-0.3, -0.25) is 4.79 Å². The third kappa shape index (κ3) is 3.95. The molecule has 2 unspecified atom stereocenters. The van der Waals surface area contributed by atoms with E-state index in [-0.39, 0.29) is 18.1 Å². The second-order valence-electron chi connectivity index (χ2n) is 5.47. The van der Waals surface area contributed by atoms with Gasteiger partial charge in [0.1, 0.15) is 11.9 Å². The van der Waals surface area contributed by atoms with E-state index in [1.54, 1.807) is 7.11 Å². The average Bonchev–Trinajstić information content (AvgIpc) is 3.01. The monoisotopic (exact) mass is 292 g/mol. The highest BCUT2D eigenvalue weighted by Gasteiger charge is 2.25. The Morgan fingerprint density at radius 3 is 2.86 bits per heavy atom. The summed E-state index contributed by atoms with van der Waals surface area (Å²) in [6, 6.07) is 7.96. The maximum atomic E-state index is 12.1. The Kier molecular flexibility index (Phi) is 5.59. The van der Waals surface area contributed by atoms with Crippen LogP contribution in [0, 0.1) is 0 Å². The highest BCUT2D eigenvalue weighted by atomic mass is 16.5. The minimum Gasteiger partial charge on any atom is -0.496 e. The Morgan fingerprint density at radius 1 is 1.48 bits per heavy atom. The number of nitrogens with zero attached hydrogens (tertiary/aromatic N) is 1. The summed E-state index contributed by atoms with van der Waals surface area (Å²) in [5.74, 6) is 0.816. The van der Waals surface area contributed by atoms with Gasteiger partial charge in [0, 0.05) is 18.7 Å². The summed E-state index contributed by atoms with van der Waals surface area (Å²) < 4.78 is 10.8. The maximum Gasteiger partial charge on any atom is 0.249 e. The summed E-state index contributed by atoms with van der Waals surface area (Å²) in [5.41, 5.74) is 1.07. The fourth-order valence-corrected chi connectivity index (χ4v) is 2.61. The Bertz CT molecular complexity index is 470. The van der Waals surface area contributed by atoms with Crippen LogP contribution >= 0.6 is 0 Å². The van der Waals surface area contributed by atoms with Crippen LogP contribution in [0.3, 0.4) is 0 Å². The predicted octanol–water partition coefficient (Wildman–Crippen LogP) is 1.59. The minimum atomic E-state index is -0.287. The molecule has 1 heterocycles. The third-order valence-electron chi connectivity index (χ3n) is 3.81. The highest BCUT2D eigenvalue weighted by molar-refractivity contribution is 5.81. The fraction of sp³-hybridized carbons (Fsp3) is 0.562. The quantitative estimate of drug-likeness (QED) is 0.865. The average molecular weight is 292 g/mol. The van der Waals surface area contributed by atoms with Crippen molar-refractivity contribution >= 4 is 5.91 Å². The molecule has 1 N–H and O–H groups in total. The van der Waals surface area contributed by atoms with Crippen molar-refractivity contribution in [3.63, 3.8) is 0 Å². The first kappa shape index (κ1) is 15.8. The number of nitrogens with one attached hydrogen (secondary N) is 1. The van der Waals surface area contributed by atoms with Crippen LogP contribution in [0.4, 0.5) is 0 Å². The number of methoxy groups -OCH3 is 1. The number of amides is 1. The largest absolute Gasteiger partial charge is 0.496 e. The van der Waals surface area contributed by atoms with Gasteiger partial charge >= 0.3 is 0 Å². The second-order valence-corrected chi connectivity index (χ2v) is 5.47. The Balaban J connectivity index is 2.03. The van der Waals surface area contributed by atoms with Crippen molar-refractivity contribution in [2.75, 3.05) is 34.4 Å². The summed E-state index contributed by atoms with van der Waals surface area (Å²) in [5, 5.41) is 2.99. The molecule has 0 saturated carbocycles. The molecule has 5 nitrogen and oxygen atoms in total. The first-order valence-corrected chi connectivity index (χ1v) is 7.32. The van der Waals surface area contributed by atoms with Gasteiger partial charge in [-0.1, -0.05) is 18.2 Å². The van der Waals surface area contributed by atoms with Crippen LogP contribution in [0.1, 0.15) is 24.4 Å². The second kappa shape index (κ2) is 7.43. The van der Waals surface area contributed by atoms with Gasteiger partial charge in [0.25, 0.3) is 0 Å². The maximum absolute atomic E-state index is 12.1. The number of likely N-dealkylation sites (N-methyl/N-ethyl adjacent to an activating group) is 1. The van der Waals surface area contributed by atoms with E-state index >= 15 is 0 Å². The molecule has 0 aliphatic carbocycles. The number of carbonyl (C=O) groups is 1. The lowest BCUT2D eigenvalue weighted by molar-refractivity contribution is -0.130. The van der Waals surface area contributed by atoms with Gasteiger partial charge in [0.05, 0.1) is 13.2 Å². The van der Waals surface area contributed by atoms with Crippen molar-refractivity contribution in [2.24, 2.45) is 0 Å². The molecule has 21 heavy (non-hydrogen) atoms. The van der Waals surface area contributed by atoms with Crippen LogP contribution in [0.5, 0.6) is 5.75 Å². The normalized spacial score (nSPS) is 19.5. The lowest BCUT2D eigenvalue weighted by atomic mass is 10.0. The molecule has 1 fully saturated rings. The molecule has 116 valence electrons. The zero-order valence-electron chi connectivity index (χ0n) is 13.0. The summed E-state index contributed by atoms with van der Waals surface area (Å²) in [6.07, 6.45) is 1.49. The fourth-order valence-electron chi connectivity index (χ4n) is 2.61. The van der Waals surface area contributed by atoms with E-state index in [2.05, 4.69) is 10.2 Å². The minimum absolute atomic E-state index is 0.0192. The van der Waals surface area contributed by atoms with Crippen LogP contribution in [-0.2, 0) is 9.53 Å². The van der Waals surface area contributed by atoms with E-state index in [4.69, 9.17) is 9.47 Å². The summed E-state index contributed by atoms with van der Waals surface area (Å²) in [7, 11) is 5.65. The van der Waals surface area contributed by atoms with Crippen molar-refractivity contribution in [3.8, 4) is 5.75 Å². The predicted molar refractivity (Wildman–Crippen MR) is 81.4 cm³/mol. The van der Waals surface area contributed by atoms with E-state index in [0.717, 1.165) is 24.2 Å². The molecule has 0 aromatic heterocycles. The van der Waals surface area contributed by atoms with E-state index in [1.807, 2.05) is 38.4 Å². The lowest BCUT2D eigenvalue weighted by Gasteiger charge is -2.27. The van der Waals surface area contributed by atoms with Crippen molar-refractivity contribution in [1.82, 2.24) is 10.2 Å². The molecule has 1 aromatic rings. The molecule has 2 atom stereocenters. The van der Waals surface area contributed by atoms with Crippen molar-refractivity contribution in [1.29, 1.82) is 0 Å². The number of rotatable bonds is 6. The Morgan fingerprint density at radius 2 is 2.24 bits per heavy atom. The summed E-state index contributed by atoms with van der Waals surface area (Å²) in [4.78, 5) is 14.1. The van der Waals surface area contributed by atoms with E-state index in [9.17, 15) is 4.79 Å². The van der Waals surface area contributed by atoms with Gasteiger partial charge in [0.2, 0.25) is 5.91 Å². The molecular formula is C16H24N2O3. The molecular weight excluding hydrogens is 268 g/mol. The Hall–Kier alpha value is -1.59. The number of hydrogen-bond donors (Lipinski definition) is 1. The number of carbonyl (C=O) groups excluding carboxylic acids is 1. The molecule has 1 saturated heterocycles. The topological polar surface area (TPSA) is 50.8 Å². The van der Waals surface area contributed by atoms with Gasteiger partial charge in [-0.15, -0.1) is 0 Å². The first-order chi connectivity index (χ1) is 10.1. The third-order valence-corrected chi connectivity index (χ3v) is 3.81. The molecule has 0 spiro atoms. The molecule has 0 bridgehead atoms. The SMILES string of the molecule is COc1ccccc1C(CNC(=O)C1CCCO1)N(C)C. The lowest BCUT2D eigenvalue weighted by Crippen LogP contribution is -2.39. The van der Waals surface area contributed by atoms with Gasteiger partial charge in [-0.2, -0.15) is 0 Å². The first-order valence-electron chi connectivity index (χ1n) is 7.32. The standard InChI is InChI=1S/C16H24N2O3/c1-18(2)13(12-7-4-5-8-14(12)20-3)11-17-16(19)15-9-6-10-21-15/h4-5,7-8,13,15H,6,9-11H2,1-3H3,(H,17,19). The molecule has 1 aliphatic rings. The van der Waals surface area contributed by atoms with Gasteiger partial charge < -0.3 is 19.7 Å². The van der Waals surface area contributed by atoms with Crippen LogP contribution in [0.15, 0.2) is 24.3 Å². The van der Waals surface area contributed by atoms with Crippen LogP contribution in [-0.4, -0.2) is 51.3 Å². The number of benzene rings is 1. The summed E-state index contributed by atoms with van der Waals surface area (Å²) in [6.45, 7) is 1.22. The van der Waals surface area contributed by atoms with Crippen LogP contribution in [0.25, 0.3) is 0 Å². The molecule has 1 aromatic carbocycles. The van der Waals surface area contributed by atoms with Gasteiger partial charge in [-0.25, -0.2) is 0 Å². The van der Waals surface area contributed by atoms with Crippen LogP contribution < -0.4 is 10.1 Å². The van der Waals surface area contributed by atoms with Crippen molar-refractivity contribution < 1.29 is 14.3 Å². The van der Waals surface area contributed by atoms with Gasteiger partial charge in [-0.05, 0) is 33.0 Å². The zero-order valence-corrected chi connectivity index (χ0v) is 13.0. The zero-order chi connectivity index (χ0) is 15.2. The highest BCUT2D eigenvalue weighted by Crippen LogP contribution is 2.27. The molecule has 0 radical (unpaired) electrons.